The zero-order valence-corrected chi connectivity index (χ0v) is 18.2. The molecule has 34 heavy (non-hydrogen) atoms. The number of nitrogens with two attached hydrogens (primary N) is 1. The Labute approximate surface area is 193 Å². The number of carbonyl (C=O) groups is 1. The number of halogens is 1. The summed E-state index contributed by atoms with van der Waals surface area (Å²) in [6.07, 6.45) is 6.65. The summed E-state index contributed by atoms with van der Waals surface area (Å²) in [6.45, 7) is 1.89. The van der Waals surface area contributed by atoms with Gasteiger partial charge in [0.2, 0.25) is 0 Å². The lowest BCUT2D eigenvalue weighted by atomic mass is 10.00. The van der Waals surface area contributed by atoms with Crippen molar-refractivity contribution in [1.82, 2.24) is 24.7 Å². The molecule has 0 atom stereocenters. The summed E-state index contributed by atoms with van der Waals surface area (Å²) in [5.74, 6) is 0.554. The summed E-state index contributed by atoms with van der Waals surface area (Å²) >= 11 is 0. The number of rotatable bonds is 4. The number of benzene rings is 2. The number of H-pyrrole nitrogens is 1. The zero-order chi connectivity index (χ0) is 23.4. The number of nitrogen functional groups attached to an aromatic ring is 1. The number of carbonyl (C=O) groups excluding carboxylic acids is 1. The van der Waals surface area contributed by atoms with Gasteiger partial charge in [-0.1, -0.05) is 18.2 Å². The van der Waals surface area contributed by atoms with Crippen LogP contribution in [0.15, 0.2) is 66.6 Å². The van der Waals surface area contributed by atoms with Crippen LogP contribution in [0.2, 0.25) is 0 Å². The lowest BCUT2D eigenvalue weighted by Crippen LogP contribution is -2.08. The second kappa shape index (κ2) is 7.48. The molecule has 5 aromatic rings. The SMILES string of the molecule is Cc1nc2ccc(-n3ncc(C(=O)C4=Cc5ccc(-c6cncc(F)c6)cc5C4)c3N)cc2[nH]1. The van der Waals surface area contributed by atoms with E-state index in [1.165, 1.54) is 18.5 Å². The van der Waals surface area contributed by atoms with Gasteiger partial charge in [-0.3, -0.25) is 9.78 Å². The van der Waals surface area contributed by atoms with Crippen molar-refractivity contribution < 1.29 is 9.18 Å². The number of hydrogen-bond acceptors (Lipinski definition) is 5. The molecule has 0 unspecified atom stereocenters. The molecule has 0 bridgehead atoms. The van der Waals surface area contributed by atoms with E-state index in [-0.39, 0.29) is 17.4 Å². The molecule has 0 amide bonds. The summed E-state index contributed by atoms with van der Waals surface area (Å²) in [7, 11) is 0. The van der Waals surface area contributed by atoms with Crippen LogP contribution in [-0.4, -0.2) is 30.5 Å². The average Bonchev–Trinajstić information content (AvgIpc) is 3.53. The number of nitrogens with zero attached hydrogens (tertiary/aromatic N) is 4. The van der Waals surface area contributed by atoms with Crippen LogP contribution in [0.3, 0.4) is 0 Å². The molecule has 0 saturated heterocycles. The Morgan fingerprint density at radius 3 is 2.82 bits per heavy atom. The van der Waals surface area contributed by atoms with Gasteiger partial charge in [0.05, 0.1) is 34.7 Å². The van der Waals surface area contributed by atoms with Crippen LogP contribution in [0.1, 0.15) is 27.3 Å². The van der Waals surface area contributed by atoms with Crippen molar-refractivity contribution in [3.05, 3.63) is 95.0 Å². The second-order valence-corrected chi connectivity index (χ2v) is 8.36. The molecule has 0 spiro atoms. The van der Waals surface area contributed by atoms with Crippen molar-refractivity contribution in [3.8, 4) is 16.8 Å². The van der Waals surface area contributed by atoms with Crippen LogP contribution in [0.25, 0.3) is 33.9 Å². The molecule has 3 heterocycles. The fourth-order valence-corrected chi connectivity index (χ4v) is 4.41. The van der Waals surface area contributed by atoms with E-state index < -0.39 is 0 Å². The monoisotopic (exact) mass is 450 g/mol. The standard InChI is InChI=1S/C26H19FN6O/c1-14-31-23-5-4-21(10-24(23)32-14)33-26(28)22(13-30-33)25(34)18-7-15-2-3-16(6-17(15)8-18)19-9-20(27)12-29-11-19/h2-7,9-13H,8,28H2,1H3,(H,31,32). The summed E-state index contributed by atoms with van der Waals surface area (Å²) in [5.41, 5.74) is 13.3. The van der Waals surface area contributed by atoms with Gasteiger partial charge in [-0.15, -0.1) is 0 Å². The third-order valence-electron chi connectivity index (χ3n) is 6.06. The molecule has 0 saturated carbocycles. The Morgan fingerprint density at radius 1 is 1.09 bits per heavy atom. The largest absolute Gasteiger partial charge is 0.383 e. The molecule has 0 aliphatic heterocycles. The summed E-state index contributed by atoms with van der Waals surface area (Å²) < 4.78 is 15.1. The number of fused-ring (bicyclic) bond motifs is 2. The lowest BCUT2D eigenvalue weighted by Gasteiger charge is -2.06. The third-order valence-corrected chi connectivity index (χ3v) is 6.06. The first-order valence-electron chi connectivity index (χ1n) is 10.8. The molecule has 1 aliphatic rings. The Bertz CT molecular complexity index is 1640. The van der Waals surface area contributed by atoms with Gasteiger partial charge in [0, 0.05) is 23.8 Å². The molecule has 0 fully saturated rings. The summed E-state index contributed by atoms with van der Waals surface area (Å²) in [6, 6.07) is 12.9. The Kier molecular flexibility index (Phi) is 4.41. The van der Waals surface area contributed by atoms with Crippen molar-refractivity contribution in [1.29, 1.82) is 0 Å². The van der Waals surface area contributed by atoms with Gasteiger partial charge < -0.3 is 10.7 Å². The van der Waals surface area contributed by atoms with E-state index >= 15 is 0 Å². The van der Waals surface area contributed by atoms with Gasteiger partial charge in [0.1, 0.15) is 17.5 Å². The molecule has 3 aromatic heterocycles. The fourth-order valence-electron chi connectivity index (χ4n) is 4.41. The maximum atomic E-state index is 13.6. The van der Waals surface area contributed by atoms with Crippen LogP contribution in [0.5, 0.6) is 0 Å². The molecule has 2 aromatic carbocycles. The van der Waals surface area contributed by atoms with Crippen molar-refractivity contribution >= 4 is 28.7 Å². The van der Waals surface area contributed by atoms with Gasteiger partial charge in [-0.25, -0.2) is 14.1 Å². The Hall–Kier alpha value is -4.59. The second-order valence-electron chi connectivity index (χ2n) is 8.36. The molecule has 8 heteroatoms. The number of Topliss-reactive ketones (excluding diaryl/α,β-unsaturated/α-hetero) is 1. The maximum absolute atomic E-state index is 13.6. The van der Waals surface area contributed by atoms with Crippen molar-refractivity contribution in [2.75, 3.05) is 5.73 Å². The first kappa shape index (κ1) is 20.0. The molecular formula is C26H19FN6O. The van der Waals surface area contributed by atoms with Crippen LogP contribution >= 0.6 is 0 Å². The minimum absolute atomic E-state index is 0.160. The topological polar surface area (TPSA) is 102 Å². The predicted octanol–water partition coefficient (Wildman–Crippen LogP) is 4.66. The number of aromatic nitrogens is 5. The minimum Gasteiger partial charge on any atom is -0.383 e. The number of nitrogens with one attached hydrogen (secondary N) is 1. The summed E-state index contributed by atoms with van der Waals surface area (Å²) in [5, 5.41) is 4.37. The molecule has 166 valence electrons. The van der Waals surface area contributed by atoms with E-state index in [0.29, 0.717) is 23.1 Å². The Morgan fingerprint density at radius 2 is 1.97 bits per heavy atom. The summed E-state index contributed by atoms with van der Waals surface area (Å²) in [4.78, 5) is 24.8. The van der Waals surface area contributed by atoms with Gasteiger partial charge in [-0.2, -0.15) is 5.10 Å². The first-order chi connectivity index (χ1) is 16.5. The van der Waals surface area contributed by atoms with Gasteiger partial charge in [0.25, 0.3) is 0 Å². The highest BCUT2D eigenvalue weighted by molar-refractivity contribution is 6.15. The average molecular weight is 450 g/mol. The third kappa shape index (κ3) is 3.27. The van der Waals surface area contributed by atoms with Gasteiger partial charge in [0.15, 0.2) is 5.78 Å². The number of aromatic amines is 1. The van der Waals surface area contributed by atoms with Crippen LogP contribution in [0.4, 0.5) is 10.2 Å². The maximum Gasteiger partial charge on any atom is 0.194 e. The van der Waals surface area contributed by atoms with Crippen molar-refractivity contribution in [3.63, 3.8) is 0 Å². The van der Waals surface area contributed by atoms with Crippen LogP contribution in [0, 0.1) is 12.7 Å². The number of ketones is 1. The zero-order valence-electron chi connectivity index (χ0n) is 18.2. The van der Waals surface area contributed by atoms with Crippen LogP contribution in [-0.2, 0) is 6.42 Å². The normalized spacial score (nSPS) is 12.7. The van der Waals surface area contributed by atoms with Gasteiger partial charge in [-0.05, 0) is 54.0 Å². The van der Waals surface area contributed by atoms with E-state index in [1.54, 1.807) is 10.9 Å². The smallest absolute Gasteiger partial charge is 0.194 e. The van der Waals surface area contributed by atoms with Gasteiger partial charge >= 0.3 is 0 Å². The fraction of sp³-hybridized carbons (Fsp3) is 0.0769. The molecule has 7 nitrogen and oxygen atoms in total. The highest BCUT2D eigenvalue weighted by Crippen LogP contribution is 2.32. The van der Waals surface area contributed by atoms with E-state index in [0.717, 1.165) is 39.2 Å². The van der Waals surface area contributed by atoms with Crippen molar-refractivity contribution in [2.24, 2.45) is 0 Å². The van der Waals surface area contributed by atoms with Crippen molar-refractivity contribution in [2.45, 2.75) is 13.3 Å². The number of allylic oxidation sites excluding steroid dienone is 1. The predicted molar refractivity (Wildman–Crippen MR) is 128 cm³/mol. The highest BCUT2D eigenvalue weighted by Gasteiger charge is 2.24. The molecule has 6 rings (SSSR count). The molecule has 3 N–H and O–H groups in total. The first-order valence-corrected chi connectivity index (χ1v) is 10.8. The Balaban J connectivity index is 1.28. The van der Waals surface area contributed by atoms with E-state index in [4.69, 9.17) is 5.73 Å². The quantitative estimate of drug-likeness (QED) is 0.388. The number of pyridine rings is 1. The minimum atomic E-state index is -0.388. The van der Waals surface area contributed by atoms with E-state index in [9.17, 15) is 9.18 Å². The number of anilines is 1. The number of aryl methyl sites for hydroxylation is 1. The highest BCUT2D eigenvalue weighted by atomic mass is 19.1. The number of hydrogen-bond donors (Lipinski definition) is 2. The van der Waals surface area contributed by atoms with E-state index in [2.05, 4.69) is 20.1 Å². The molecule has 0 radical (unpaired) electrons. The van der Waals surface area contributed by atoms with E-state index in [1.807, 2.05) is 49.4 Å². The van der Waals surface area contributed by atoms with Crippen LogP contribution < -0.4 is 5.73 Å². The number of imidazole rings is 1. The molecular weight excluding hydrogens is 431 g/mol. The lowest BCUT2D eigenvalue weighted by molar-refractivity contribution is 0.103. The molecule has 1 aliphatic carbocycles.